The number of pyridine rings is 1. The SMILES string of the molecule is COc1ncccc1C(=O)NCC1(CCN)CC1. The first-order chi connectivity index (χ1) is 8.71. The van der Waals surface area contributed by atoms with Gasteiger partial charge in [0.1, 0.15) is 5.56 Å². The Morgan fingerprint density at radius 2 is 2.39 bits per heavy atom. The molecule has 0 bridgehead atoms. The van der Waals surface area contributed by atoms with Gasteiger partial charge in [-0.15, -0.1) is 0 Å². The maximum atomic E-state index is 12.0. The number of nitrogens with two attached hydrogens (primary N) is 1. The second-order valence-corrected chi connectivity index (χ2v) is 4.78. The number of nitrogens with zero attached hydrogens (tertiary/aromatic N) is 1. The molecule has 1 aliphatic carbocycles. The molecule has 1 heterocycles. The fourth-order valence-corrected chi connectivity index (χ4v) is 2.09. The molecule has 1 aromatic heterocycles. The van der Waals surface area contributed by atoms with Crippen molar-refractivity contribution in [2.75, 3.05) is 20.2 Å². The van der Waals surface area contributed by atoms with Gasteiger partial charge in [-0.2, -0.15) is 0 Å². The Morgan fingerprint density at radius 1 is 1.61 bits per heavy atom. The summed E-state index contributed by atoms with van der Waals surface area (Å²) >= 11 is 0. The van der Waals surface area contributed by atoms with Crippen molar-refractivity contribution in [1.82, 2.24) is 10.3 Å². The van der Waals surface area contributed by atoms with Crippen molar-refractivity contribution in [2.24, 2.45) is 11.1 Å². The van der Waals surface area contributed by atoms with Gasteiger partial charge in [0.15, 0.2) is 0 Å². The molecule has 0 spiro atoms. The van der Waals surface area contributed by atoms with E-state index in [4.69, 9.17) is 10.5 Å². The zero-order valence-electron chi connectivity index (χ0n) is 10.6. The molecule has 1 aliphatic rings. The predicted molar refractivity (Wildman–Crippen MR) is 68.5 cm³/mol. The van der Waals surface area contributed by atoms with E-state index >= 15 is 0 Å². The maximum Gasteiger partial charge on any atom is 0.256 e. The van der Waals surface area contributed by atoms with E-state index in [2.05, 4.69) is 10.3 Å². The Balaban J connectivity index is 1.96. The number of carbonyl (C=O) groups excluding carboxylic acids is 1. The van der Waals surface area contributed by atoms with Gasteiger partial charge in [-0.1, -0.05) is 0 Å². The van der Waals surface area contributed by atoms with Crippen molar-refractivity contribution < 1.29 is 9.53 Å². The first-order valence-electron chi connectivity index (χ1n) is 6.18. The van der Waals surface area contributed by atoms with Crippen molar-refractivity contribution in [1.29, 1.82) is 0 Å². The number of methoxy groups -OCH3 is 1. The highest BCUT2D eigenvalue weighted by atomic mass is 16.5. The summed E-state index contributed by atoms with van der Waals surface area (Å²) in [6, 6.07) is 3.44. The van der Waals surface area contributed by atoms with Gasteiger partial charge in [-0.05, 0) is 43.4 Å². The molecule has 0 radical (unpaired) electrons. The molecule has 1 saturated carbocycles. The lowest BCUT2D eigenvalue weighted by atomic mass is 10.0. The van der Waals surface area contributed by atoms with E-state index in [1.807, 2.05) is 0 Å². The van der Waals surface area contributed by atoms with Crippen molar-refractivity contribution >= 4 is 5.91 Å². The molecule has 1 amide bonds. The summed E-state index contributed by atoms with van der Waals surface area (Å²) in [6.07, 6.45) is 4.87. The highest BCUT2D eigenvalue weighted by molar-refractivity contribution is 5.96. The van der Waals surface area contributed by atoms with Gasteiger partial charge < -0.3 is 15.8 Å². The van der Waals surface area contributed by atoms with Crippen LogP contribution < -0.4 is 15.8 Å². The Hall–Kier alpha value is -1.62. The molecule has 0 aromatic carbocycles. The zero-order chi connectivity index (χ0) is 13.0. The van der Waals surface area contributed by atoms with Crippen LogP contribution in [0.4, 0.5) is 0 Å². The second kappa shape index (κ2) is 5.35. The molecule has 1 fully saturated rings. The Morgan fingerprint density at radius 3 is 3.00 bits per heavy atom. The third-order valence-electron chi connectivity index (χ3n) is 3.46. The van der Waals surface area contributed by atoms with E-state index < -0.39 is 0 Å². The van der Waals surface area contributed by atoms with Gasteiger partial charge in [0, 0.05) is 12.7 Å². The van der Waals surface area contributed by atoms with Gasteiger partial charge in [-0.25, -0.2) is 4.98 Å². The summed E-state index contributed by atoms with van der Waals surface area (Å²) in [5.74, 6) is 0.224. The number of nitrogens with one attached hydrogen (secondary N) is 1. The summed E-state index contributed by atoms with van der Waals surface area (Å²) in [4.78, 5) is 16.1. The normalized spacial score (nSPS) is 16.1. The molecule has 0 atom stereocenters. The van der Waals surface area contributed by atoms with Crippen LogP contribution in [0.25, 0.3) is 0 Å². The lowest BCUT2D eigenvalue weighted by Gasteiger charge is -2.15. The molecule has 0 unspecified atom stereocenters. The van der Waals surface area contributed by atoms with Crippen LogP contribution in [-0.4, -0.2) is 31.1 Å². The van der Waals surface area contributed by atoms with Crippen molar-refractivity contribution in [3.8, 4) is 5.88 Å². The van der Waals surface area contributed by atoms with Crippen LogP contribution in [0, 0.1) is 5.41 Å². The topological polar surface area (TPSA) is 77.2 Å². The molecule has 5 nitrogen and oxygen atoms in total. The molecule has 1 aromatic rings. The third kappa shape index (κ3) is 2.79. The van der Waals surface area contributed by atoms with Crippen molar-refractivity contribution in [3.63, 3.8) is 0 Å². The van der Waals surface area contributed by atoms with E-state index in [0.717, 1.165) is 19.3 Å². The number of aromatic nitrogens is 1. The molecule has 5 heteroatoms. The Labute approximate surface area is 107 Å². The van der Waals surface area contributed by atoms with Crippen LogP contribution in [0.15, 0.2) is 18.3 Å². The minimum atomic E-state index is -0.136. The first-order valence-corrected chi connectivity index (χ1v) is 6.18. The quantitative estimate of drug-likeness (QED) is 0.787. The van der Waals surface area contributed by atoms with E-state index in [1.54, 1.807) is 18.3 Å². The molecule has 2 rings (SSSR count). The van der Waals surface area contributed by atoms with E-state index in [1.165, 1.54) is 7.11 Å². The zero-order valence-corrected chi connectivity index (χ0v) is 10.6. The van der Waals surface area contributed by atoms with Gasteiger partial charge in [0.25, 0.3) is 5.91 Å². The van der Waals surface area contributed by atoms with Gasteiger partial charge in [-0.3, -0.25) is 4.79 Å². The number of hydrogen-bond acceptors (Lipinski definition) is 4. The predicted octanol–water partition coefficient (Wildman–Crippen LogP) is 0.949. The summed E-state index contributed by atoms with van der Waals surface area (Å²) in [5, 5.41) is 2.95. The average molecular weight is 249 g/mol. The van der Waals surface area contributed by atoms with Crippen molar-refractivity contribution in [3.05, 3.63) is 23.9 Å². The first kappa shape index (κ1) is 12.8. The van der Waals surface area contributed by atoms with Crippen LogP contribution in [0.5, 0.6) is 5.88 Å². The minimum Gasteiger partial charge on any atom is -0.480 e. The number of rotatable bonds is 6. The molecular formula is C13H19N3O2. The van der Waals surface area contributed by atoms with Gasteiger partial charge in [0.2, 0.25) is 5.88 Å². The second-order valence-electron chi connectivity index (χ2n) is 4.78. The third-order valence-corrected chi connectivity index (χ3v) is 3.46. The molecule has 98 valence electrons. The standard InChI is InChI=1S/C13H19N3O2/c1-18-12-10(3-2-8-15-12)11(17)16-9-13(4-5-13)6-7-14/h2-3,8H,4-7,9,14H2,1H3,(H,16,17). The Bertz CT molecular complexity index is 430. The smallest absolute Gasteiger partial charge is 0.256 e. The van der Waals surface area contributed by atoms with Crippen LogP contribution in [0.2, 0.25) is 0 Å². The van der Waals surface area contributed by atoms with Crippen LogP contribution in [0.3, 0.4) is 0 Å². The number of carbonyl (C=O) groups is 1. The fraction of sp³-hybridized carbons (Fsp3) is 0.538. The summed E-state index contributed by atoms with van der Waals surface area (Å²) in [6.45, 7) is 1.35. The number of amides is 1. The van der Waals surface area contributed by atoms with Crippen molar-refractivity contribution in [2.45, 2.75) is 19.3 Å². The molecule has 0 saturated heterocycles. The number of ether oxygens (including phenoxy) is 1. The van der Waals surface area contributed by atoms with Gasteiger partial charge in [0.05, 0.1) is 7.11 Å². The lowest BCUT2D eigenvalue weighted by Crippen LogP contribution is -2.31. The molecular weight excluding hydrogens is 230 g/mol. The Kier molecular flexibility index (Phi) is 3.81. The summed E-state index contributed by atoms with van der Waals surface area (Å²) < 4.78 is 5.07. The highest BCUT2D eigenvalue weighted by Crippen LogP contribution is 2.47. The number of hydrogen-bond donors (Lipinski definition) is 2. The monoisotopic (exact) mass is 249 g/mol. The molecule has 0 aliphatic heterocycles. The highest BCUT2D eigenvalue weighted by Gasteiger charge is 2.41. The van der Waals surface area contributed by atoms with E-state index in [-0.39, 0.29) is 11.3 Å². The van der Waals surface area contributed by atoms with E-state index in [0.29, 0.717) is 24.5 Å². The van der Waals surface area contributed by atoms with Crippen LogP contribution in [0.1, 0.15) is 29.6 Å². The maximum absolute atomic E-state index is 12.0. The summed E-state index contributed by atoms with van der Waals surface area (Å²) in [7, 11) is 1.51. The molecule has 18 heavy (non-hydrogen) atoms. The lowest BCUT2D eigenvalue weighted by molar-refractivity contribution is 0.0940. The largest absolute Gasteiger partial charge is 0.480 e. The average Bonchev–Trinajstić information content (AvgIpc) is 3.16. The van der Waals surface area contributed by atoms with Crippen LogP contribution >= 0.6 is 0 Å². The summed E-state index contributed by atoms with van der Waals surface area (Å²) in [5.41, 5.74) is 6.29. The molecule has 3 N–H and O–H groups in total. The van der Waals surface area contributed by atoms with E-state index in [9.17, 15) is 4.79 Å². The van der Waals surface area contributed by atoms with Crippen LogP contribution in [-0.2, 0) is 0 Å². The fourth-order valence-electron chi connectivity index (χ4n) is 2.09. The minimum absolute atomic E-state index is 0.136. The van der Waals surface area contributed by atoms with Gasteiger partial charge >= 0.3 is 0 Å².